The Kier molecular flexibility index (Phi) is 5.01. The Bertz CT molecular complexity index is 497. The molecular formula is C17H28N2O4. The molecule has 2 aliphatic heterocycles. The Morgan fingerprint density at radius 3 is 2.65 bits per heavy atom. The number of hydrogen-bond donors (Lipinski definition) is 1. The molecule has 0 aromatic heterocycles. The molecule has 2 heterocycles. The highest BCUT2D eigenvalue weighted by molar-refractivity contribution is 5.89. The largest absolute Gasteiger partial charge is 0.459 e. The molecule has 2 aliphatic rings. The van der Waals surface area contributed by atoms with Crippen LogP contribution in [0.2, 0.25) is 0 Å². The van der Waals surface area contributed by atoms with E-state index in [2.05, 4.69) is 5.32 Å². The van der Waals surface area contributed by atoms with Crippen molar-refractivity contribution in [2.75, 3.05) is 13.1 Å². The number of carbonyl (C=O) groups is 3. The first kappa shape index (κ1) is 17.8. The number of esters is 1. The van der Waals surface area contributed by atoms with Gasteiger partial charge in [0.1, 0.15) is 11.6 Å². The van der Waals surface area contributed by atoms with Crippen molar-refractivity contribution in [1.82, 2.24) is 10.2 Å². The molecule has 2 rings (SSSR count). The third-order valence-corrected chi connectivity index (χ3v) is 4.46. The van der Waals surface area contributed by atoms with E-state index < -0.39 is 17.1 Å². The number of nitrogens with one attached hydrogen (secondary N) is 1. The lowest BCUT2D eigenvalue weighted by Crippen LogP contribution is -2.48. The van der Waals surface area contributed by atoms with Gasteiger partial charge in [0.2, 0.25) is 11.8 Å². The summed E-state index contributed by atoms with van der Waals surface area (Å²) in [5, 5.41) is 2.80. The maximum Gasteiger partial charge on any atom is 0.314 e. The summed E-state index contributed by atoms with van der Waals surface area (Å²) < 4.78 is 5.49. The van der Waals surface area contributed by atoms with Gasteiger partial charge >= 0.3 is 5.97 Å². The highest BCUT2D eigenvalue weighted by atomic mass is 16.6. The van der Waals surface area contributed by atoms with Crippen LogP contribution in [-0.2, 0) is 19.1 Å². The molecule has 0 saturated carbocycles. The van der Waals surface area contributed by atoms with Gasteiger partial charge in [-0.1, -0.05) is 6.42 Å². The predicted octanol–water partition coefficient (Wildman–Crippen LogP) is 1.63. The van der Waals surface area contributed by atoms with Crippen LogP contribution in [0.15, 0.2) is 0 Å². The number of nitrogens with zero attached hydrogens (tertiary/aromatic N) is 1. The van der Waals surface area contributed by atoms with Crippen molar-refractivity contribution >= 4 is 17.8 Å². The number of carbonyl (C=O) groups excluding carboxylic acids is 3. The summed E-state index contributed by atoms with van der Waals surface area (Å²) in [7, 11) is 0. The van der Waals surface area contributed by atoms with Gasteiger partial charge in [-0.05, 0) is 47.0 Å². The van der Waals surface area contributed by atoms with Crippen molar-refractivity contribution < 1.29 is 19.1 Å². The van der Waals surface area contributed by atoms with Crippen molar-refractivity contribution in [2.45, 2.75) is 71.4 Å². The van der Waals surface area contributed by atoms with Crippen molar-refractivity contribution in [3.8, 4) is 0 Å². The third-order valence-electron chi connectivity index (χ3n) is 4.46. The molecular weight excluding hydrogens is 296 g/mol. The van der Waals surface area contributed by atoms with Gasteiger partial charge in [0.15, 0.2) is 0 Å². The Morgan fingerprint density at radius 1 is 1.30 bits per heavy atom. The van der Waals surface area contributed by atoms with Gasteiger partial charge in [0.05, 0.1) is 5.41 Å². The number of ether oxygens (including phenoxy) is 1. The Hall–Kier alpha value is -1.59. The summed E-state index contributed by atoms with van der Waals surface area (Å²) >= 11 is 0. The van der Waals surface area contributed by atoms with Gasteiger partial charge in [0, 0.05) is 19.5 Å². The summed E-state index contributed by atoms with van der Waals surface area (Å²) in [6.45, 7) is 8.25. The highest BCUT2D eigenvalue weighted by Gasteiger charge is 2.45. The van der Waals surface area contributed by atoms with Gasteiger partial charge in [-0.15, -0.1) is 0 Å². The average Bonchev–Trinajstić information content (AvgIpc) is 2.70. The molecule has 2 atom stereocenters. The lowest BCUT2D eigenvalue weighted by molar-refractivity contribution is -0.166. The van der Waals surface area contributed by atoms with Crippen LogP contribution in [0.4, 0.5) is 0 Å². The van der Waals surface area contributed by atoms with Crippen molar-refractivity contribution in [3.63, 3.8) is 0 Å². The zero-order valence-corrected chi connectivity index (χ0v) is 14.6. The van der Waals surface area contributed by atoms with E-state index in [1.807, 2.05) is 27.7 Å². The van der Waals surface area contributed by atoms with Crippen LogP contribution in [0.25, 0.3) is 0 Å². The van der Waals surface area contributed by atoms with Gasteiger partial charge < -0.3 is 15.0 Å². The minimum Gasteiger partial charge on any atom is -0.459 e. The summed E-state index contributed by atoms with van der Waals surface area (Å²) in [5.41, 5.74) is -1.20. The predicted molar refractivity (Wildman–Crippen MR) is 85.5 cm³/mol. The van der Waals surface area contributed by atoms with Crippen LogP contribution < -0.4 is 5.32 Å². The van der Waals surface area contributed by atoms with Crippen molar-refractivity contribution in [2.24, 2.45) is 5.41 Å². The second kappa shape index (κ2) is 6.49. The minimum atomic E-state index is -0.669. The van der Waals surface area contributed by atoms with E-state index in [0.29, 0.717) is 32.4 Å². The Balaban J connectivity index is 1.99. The fraction of sp³-hybridized carbons (Fsp3) is 0.824. The molecule has 2 amide bonds. The quantitative estimate of drug-likeness (QED) is 0.783. The molecule has 0 radical (unpaired) electrons. The topological polar surface area (TPSA) is 75.7 Å². The number of likely N-dealkylation sites (tertiary alicyclic amines) is 1. The van der Waals surface area contributed by atoms with Crippen LogP contribution in [0.3, 0.4) is 0 Å². The lowest BCUT2D eigenvalue weighted by Gasteiger charge is -2.29. The van der Waals surface area contributed by atoms with E-state index in [1.165, 1.54) is 0 Å². The highest BCUT2D eigenvalue weighted by Crippen LogP contribution is 2.33. The standard InChI is InChI=1S/C17H28N2O4/c1-16(2,3)23-15(22)17(4)9-10-19(11-17)14(21)12-7-5-6-8-13(20)18-12/h12H,5-11H2,1-4H3,(H,18,20)/t12-,17+/m1/s1. The molecule has 0 spiro atoms. The number of rotatable bonds is 2. The average molecular weight is 324 g/mol. The van der Waals surface area contributed by atoms with Crippen LogP contribution in [0.1, 0.15) is 59.8 Å². The van der Waals surface area contributed by atoms with E-state index in [4.69, 9.17) is 4.74 Å². The first-order valence-electron chi connectivity index (χ1n) is 8.42. The van der Waals surface area contributed by atoms with E-state index in [-0.39, 0.29) is 17.8 Å². The zero-order chi connectivity index (χ0) is 17.3. The first-order valence-corrected chi connectivity index (χ1v) is 8.42. The minimum absolute atomic E-state index is 0.0602. The van der Waals surface area contributed by atoms with E-state index in [9.17, 15) is 14.4 Å². The van der Waals surface area contributed by atoms with Gasteiger partial charge in [0.25, 0.3) is 0 Å². The van der Waals surface area contributed by atoms with Crippen LogP contribution in [0.5, 0.6) is 0 Å². The summed E-state index contributed by atoms with van der Waals surface area (Å²) in [4.78, 5) is 38.4. The second-order valence-corrected chi connectivity index (χ2v) is 7.94. The fourth-order valence-corrected chi connectivity index (χ4v) is 3.10. The molecule has 0 aromatic rings. The molecule has 130 valence electrons. The monoisotopic (exact) mass is 324 g/mol. The molecule has 0 aliphatic carbocycles. The molecule has 0 aromatic carbocycles. The zero-order valence-electron chi connectivity index (χ0n) is 14.6. The molecule has 2 saturated heterocycles. The molecule has 1 N–H and O–H groups in total. The Morgan fingerprint density at radius 2 is 2.00 bits per heavy atom. The molecule has 2 fully saturated rings. The summed E-state index contributed by atoms with van der Waals surface area (Å²) in [6, 6.07) is -0.453. The Labute approximate surface area is 137 Å². The second-order valence-electron chi connectivity index (χ2n) is 7.94. The SMILES string of the molecule is CC(C)(C)OC(=O)[C@@]1(C)CCN(C(=O)[C@H]2CCCCC(=O)N2)C1. The van der Waals surface area contributed by atoms with Crippen molar-refractivity contribution in [3.05, 3.63) is 0 Å². The fourth-order valence-electron chi connectivity index (χ4n) is 3.10. The molecule has 23 heavy (non-hydrogen) atoms. The molecule has 6 nitrogen and oxygen atoms in total. The normalized spacial score (nSPS) is 29.0. The molecule has 6 heteroatoms. The first-order chi connectivity index (χ1) is 10.6. The van der Waals surface area contributed by atoms with Crippen LogP contribution >= 0.6 is 0 Å². The molecule has 0 bridgehead atoms. The summed E-state index contributed by atoms with van der Waals surface area (Å²) in [6.07, 6.45) is 3.44. The third kappa shape index (κ3) is 4.45. The van der Waals surface area contributed by atoms with E-state index >= 15 is 0 Å². The lowest BCUT2D eigenvalue weighted by atomic mass is 9.90. The van der Waals surface area contributed by atoms with Crippen LogP contribution in [0, 0.1) is 5.41 Å². The summed E-state index contributed by atoms with van der Waals surface area (Å²) in [5.74, 6) is -0.396. The van der Waals surface area contributed by atoms with Crippen LogP contribution in [-0.4, -0.2) is 47.4 Å². The number of amides is 2. The van der Waals surface area contributed by atoms with Gasteiger partial charge in [-0.2, -0.15) is 0 Å². The maximum atomic E-state index is 12.7. The smallest absolute Gasteiger partial charge is 0.314 e. The molecule has 0 unspecified atom stereocenters. The van der Waals surface area contributed by atoms with Gasteiger partial charge in [-0.3, -0.25) is 14.4 Å². The van der Waals surface area contributed by atoms with E-state index in [0.717, 1.165) is 12.8 Å². The van der Waals surface area contributed by atoms with Gasteiger partial charge in [-0.25, -0.2) is 0 Å². The maximum absolute atomic E-state index is 12.7. The van der Waals surface area contributed by atoms with Crippen molar-refractivity contribution in [1.29, 1.82) is 0 Å². The number of hydrogen-bond acceptors (Lipinski definition) is 4. The van der Waals surface area contributed by atoms with E-state index in [1.54, 1.807) is 4.90 Å².